The summed E-state index contributed by atoms with van der Waals surface area (Å²) < 4.78 is 0. The molecular weight excluding hydrogens is 204 g/mol. The molecule has 1 aliphatic heterocycles. The van der Waals surface area contributed by atoms with Crippen molar-refractivity contribution in [3.05, 3.63) is 0 Å². The second-order valence-electron chi connectivity index (χ2n) is 5.52. The van der Waals surface area contributed by atoms with Gasteiger partial charge in [0.05, 0.1) is 0 Å². The molecule has 4 heteroatoms. The van der Waals surface area contributed by atoms with Crippen LogP contribution in [0.3, 0.4) is 0 Å². The van der Waals surface area contributed by atoms with Gasteiger partial charge in [-0.1, -0.05) is 12.8 Å². The summed E-state index contributed by atoms with van der Waals surface area (Å²) in [7, 11) is 2.09. The molecule has 1 unspecified atom stereocenters. The Labute approximate surface area is 97.2 Å². The molecule has 1 aliphatic carbocycles. The molecule has 0 spiro atoms. The first kappa shape index (κ1) is 11.9. The van der Waals surface area contributed by atoms with Gasteiger partial charge in [-0.25, -0.2) is 0 Å². The lowest BCUT2D eigenvalue weighted by molar-refractivity contribution is -0.152. The Morgan fingerprint density at radius 3 is 2.31 bits per heavy atom. The monoisotopic (exact) mass is 226 g/mol. The van der Waals surface area contributed by atoms with E-state index in [0.717, 1.165) is 32.6 Å². The van der Waals surface area contributed by atoms with E-state index >= 15 is 0 Å². The minimum atomic E-state index is -0.649. The molecule has 1 atom stereocenters. The predicted octanol–water partition coefficient (Wildman–Crippen LogP) is 0.877. The van der Waals surface area contributed by atoms with Gasteiger partial charge >= 0.3 is 5.97 Å². The maximum atomic E-state index is 11.5. The number of carbonyl (C=O) groups is 1. The molecule has 1 N–H and O–H groups in total. The van der Waals surface area contributed by atoms with Gasteiger partial charge in [0.25, 0.3) is 0 Å². The molecule has 0 aromatic carbocycles. The zero-order valence-electron chi connectivity index (χ0n) is 10.3. The van der Waals surface area contributed by atoms with E-state index in [0.29, 0.717) is 5.92 Å². The Kier molecular flexibility index (Phi) is 3.22. The second kappa shape index (κ2) is 4.34. The van der Waals surface area contributed by atoms with Gasteiger partial charge in [0, 0.05) is 26.2 Å². The van der Waals surface area contributed by atoms with Crippen LogP contribution in [0.15, 0.2) is 0 Å². The van der Waals surface area contributed by atoms with Crippen molar-refractivity contribution in [1.82, 2.24) is 9.80 Å². The Bertz CT molecular complexity index is 270. The fraction of sp³-hybridized carbons (Fsp3) is 0.917. The number of carboxylic acids is 1. The summed E-state index contributed by atoms with van der Waals surface area (Å²) in [6, 6.07) is 0. The van der Waals surface area contributed by atoms with Gasteiger partial charge in [-0.05, 0) is 26.3 Å². The first-order chi connectivity index (χ1) is 7.52. The van der Waals surface area contributed by atoms with Crippen molar-refractivity contribution in [2.75, 3.05) is 33.2 Å². The summed E-state index contributed by atoms with van der Waals surface area (Å²) in [5.41, 5.74) is -0.636. The van der Waals surface area contributed by atoms with Crippen molar-refractivity contribution in [2.24, 2.45) is 5.92 Å². The maximum absolute atomic E-state index is 11.5. The minimum absolute atomic E-state index is 0.636. The summed E-state index contributed by atoms with van der Waals surface area (Å²) in [5.74, 6) is 0.00436. The first-order valence-electron chi connectivity index (χ1n) is 6.19. The van der Waals surface area contributed by atoms with Crippen LogP contribution < -0.4 is 0 Å². The summed E-state index contributed by atoms with van der Waals surface area (Å²) >= 11 is 0. The van der Waals surface area contributed by atoms with Gasteiger partial charge in [0.2, 0.25) is 0 Å². The van der Waals surface area contributed by atoms with E-state index in [1.807, 2.05) is 6.92 Å². The van der Waals surface area contributed by atoms with Gasteiger partial charge in [-0.2, -0.15) is 0 Å². The first-order valence-corrected chi connectivity index (χ1v) is 6.19. The van der Waals surface area contributed by atoms with Gasteiger partial charge in [0.15, 0.2) is 0 Å². The lowest BCUT2D eigenvalue weighted by atomic mass is 9.92. The van der Waals surface area contributed by atoms with E-state index in [1.165, 1.54) is 12.8 Å². The fourth-order valence-corrected chi connectivity index (χ4v) is 2.54. The van der Waals surface area contributed by atoms with Crippen LogP contribution in [-0.4, -0.2) is 59.6 Å². The molecule has 0 aromatic rings. The maximum Gasteiger partial charge on any atom is 0.323 e. The number of hydrogen-bond donors (Lipinski definition) is 1. The third kappa shape index (κ3) is 2.38. The topological polar surface area (TPSA) is 43.8 Å². The third-order valence-electron chi connectivity index (χ3n) is 4.05. The number of carboxylic acid groups (broad SMARTS) is 1. The standard InChI is InChI=1S/C12H22N2O2/c1-12(11(15)16,9-10-3-4-10)14-7-5-13(2)6-8-14/h10H,3-9H2,1-2H3,(H,15,16). The Balaban J connectivity index is 2.02. The number of hydrogen-bond acceptors (Lipinski definition) is 3. The van der Waals surface area contributed by atoms with Crippen LogP contribution in [0.1, 0.15) is 26.2 Å². The molecule has 92 valence electrons. The van der Waals surface area contributed by atoms with Gasteiger partial charge in [-0.15, -0.1) is 0 Å². The number of aliphatic carboxylic acids is 1. The fourth-order valence-electron chi connectivity index (χ4n) is 2.54. The number of nitrogens with zero attached hydrogens (tertiary/aromatic N) is 2. The summed E-state index contributed by atoms with van der Waals surface area (Å²) in [5, 5.41) is 9.47. The molecule has 2 fully saturated rings. The van der Waals surface area contributed by atoms with Crippen molar-refractivity contribution in [2.45, 2.75) is 31.7 Å². The minimum Gasteiger partial charge on any atom is -0.480 e. The predicted molar refractivity (Wildman–Crippen MR) is 62.5 cm³/mol. The van der Waals surface area contributed by atoms with Gasteiger partial charge in [-0.3, -0.25) is 9.69 Å². The molecule has 2 aliphatic rings. The highest BCUT2D eigenvalue weighted by Gasteiger charge is 2.44. The largest absolute Gasteiger partial charge is 0.480 e. The van der Waals surface area contributed by atoms with Crippen LogP contribution in [-0.2, 0) is 4.79 Å². The Morgan fingerprint density at radius 1 is 1.31 bits per heavy atom. The molecule has 0 bridgehead atoms. The SMILES string of the molecule is CN1CCN(C(C)(CC2CC2)C(=O)O)CC1. The summed E-state index contributed by atoms with van der Waals surface area (Å²) in [6.07, 6.45) is 3.26. The third-order valence-corrected chi connectivity index (χ3v) is 4.05. The number of rotatable bonds is 4. The second-order valence-corrected chi connectivity index (χ2v) is 5.52. The molecule has 1 saturated heterocycles. The van der Waals surface area contributed by atoms with E-state index < -0.39 is 11.5 Å². The molecule has 16 heavy (non-hydrogen) atoms. The zero-order chi connectivity index (χ0) is 11.8. The highest BCUT2D eigenvalue weighted by atomic mass is 16.4. The van der Waals surface area contributed by atoms with Crippen molar-refractivity contribution >= 4 is 5.97 Å². The quantitative estimate of drug-likeness (QED) is 0.773. The van der Waals surface area contributed by atoms with E-state index in [-0.39, 0.29) is 0 Å². The average Bonchev–Trinajstić information content (AvgIpc) is 3.02. The van der Waals surface area contributed by atoms with E-state index in [2.05, 4.69) is 16.8 Å². The van der Waals surface area contributed by atoms with Crippen LogP contribution in [0, 0.1) is 5.92 Å². The van der Waals surface area contributed by atoms with Crippen LogP contribution in [0.4, 0.5) is 0 Å². The summed E-state index contributed by atoms with van der Waals surface area (Å²) in [6.45, 7) is 5.62. The van der Waals surface area contributed by atoms with Crippen molar-refractivity contribution in [3.63, 3.8) is 0 Å². The highest BCUT2D eigenvalue weighted by Crippen LogP contribution is 2.39. The lowest BCUT2D eigenvalue weighted by Gasteiger charge is -2.42. The zero-order valence-corrected chi connectivity index (χ0v) is 10.3. The van der Waals surface area contributed by atoms with Crippen LogP contribution in [0.5, 0.6) is 0 Å². The number of likely N-dealkylation sites (N-methyl/N-ethyl adjacent to an activating group) is 1. The molecule has 1 saturated carbocycles. The smallest absolute Gasteiger partial charge is 0.323 e. The van der Waals surface area contributed by atoms with Gasteiger partial charge < -0.3 is 10.0 Å². The molecular formula is C12H22N2O2. The summed E-state index contributed by atoms with van der Waals surface area (Å²) in [4.78, 5) is 15.9. The van der Waals surface area contributed by atoms with Crippen molar-refractivity contribution < 1.29 is 9.90 Å². The Morgan fingerprint density at radius 2 is 1.88 bits per heavy atom. The van der Waals surface area contributed by atoms with E-state index in [4.69, 9.17) is 0 Å². The van der Waals surface area contributed by atoms with Crippen LogP contribution in [0.2, 0.25) is 0 Å². The average molecular weight is 226 g/mol. The Hall–Kier alpha value is -0.610. The molecule has 1 heterocycles. The molecule has 0 aromatic heterocycles. The molecule has 2 rings (SSSR count). The van der Waals surface area contributed by atoms with Crippen LogP contribution >= 0.6 is 0 Å². The van der Waals surface area contributed by atoms with Crippen molar-refractivity contribution in [1.29, 1.82) is 0 Å². The molecule has 0 radical (unpaired) electrons. The lowest BCUT2D eigenvalue weighted by Crippen LogP contribution is -2.59. The normalized spacial score (nSPS) is 27.6. The van der Waals surface area contributed by atoms with Crippen LogP contribution in [0.25, 0.3) is 0 Å². The highest BCUT2D eigenvalue weighted by molar-refractivity contribution is 5.78. The number of piperazine rings is 1. The van der Waals surface area contributed by atoms with Crippen molar-refractivity contribution in [3.8, 4) is 0 Å². The van der Waals surface area contributed by atoms with E-state index in [1.54, 1.807) is 0 Å². The molecule has 4 nitrogen and oxygen atoms in total. The van der Waals surface area contributed by atoms with Gasteiger partial charge in [0.1, 0.15) is 5.54 Å². The molecule has 0 amide bonds. The van der Waals surface area contributed by atoms with E-state index in [9.17, 15) is 9.90 Å².